The Labute approximate surface area is 279 Å². The summed E-state index contributed by atoms with van der Waals surface area (Å²) in [6.07, 6.45) is 0.883. The van der Waals surface area contributed by atoms with E-state index in [9.17, 15) is 18.0 Å². The molecule has 4 rings (SSSR count). The highest BCUT2D eigenvalue weighted by molar-refractivity contribution is 7.92. The van der Waals surface area contributed by atoms with Crippen LogP contribution in [0.1, 0.15) is 31.4 Å². The number of anilines is 1. The van der Waals surface area contributed by atoms with Crippen molar-refractivity contribution in [1.82, 2.24) is 10.2 Å². The number of carbonyl (C=O) groups excluding carboxylic acids is 2. The Morgan fingerprint density at radius 2 is 1.38 bits per heavy atom. The van der Waals surface area contributed by atoms with Crippen LogP contribution in [-0.2, 0) is 32.6 Å². The molecule has 2 unspecified atom stereocenters. The molecule has 0 fully saturated rings. The second kappa shape index (κ2) is 15.6. The number of hydrogen-bond donors (Lipinski definition) is 1. The van der Waals surface area contributed by atoms with E-state index in [1.165, 1.54) is 35.2 Å². The maximum Gasteiger partial charge on any atom is 0.264 e. The van der Waals surface area contributed by atoms with Gasteiger partial charge in [0.15, 0.2) is 0 Å². The molecule has 2 atom stereocenters. The minimum Gasteiger partial charge on any atom is -0.352 e. The molecule has 236 valence electrons. The molecule has 1 N–H and O–H groups in total. The molecular weight excluding hydrogens is 653 g/mol. The fraction of sp³-hybridized carbons (Fsp3) is 0.235. The summed E-state index contributed by atoms with van der Waals surface area (Å²) in [5.41, 5.74) is 1.62. The van der Waals surface area contributed by atoms with Gasteiger partial charge in [0.05, 0.1) is 10.6 Å². The molecule has 0 aromatic heterocycles. The lowest BCUT2D eigenvalue weighted by atomic mass is 10.0. The molecule has 0 heterocycles. The highest BCUT2D eigenvalue weighted by Crippen LogP contribution is 2.30. The van der Waals surface area contributed by atoms with Crippen LogP contribution in [0.2, 0.25) is 15.1 Å². The van der Waals surface area contributed by atoms with Crippen LogP contribution < -0.4 is 9.62 Å². The van der Waals surface area contributed by atoms with Crippen LogP contribution in [0.15, 0.2) is 108 Å². The molecule has 0 aliphatic carbocycles. The Kier molecular flexibility index (Phi) is 11.9. The van der Waals surface area contributed by atoms with Gasteiger partial charge >= 0.3 is 0 Å². The zero-order valence-electron chi connectivity index (χ0n) is 24.9. The average molecular weight is 687 g/mol. The number of halogens is 3. The van der Waals surface area contributed by atoms with Gasteiger partial charge in [-0.05, 0) is 66.9 Å². The minimum absolute atomic E-state index is 0.000343. The first kappa shape index (κ1) is 34.3. The van der Waals surface area contributed by atoms with E-state index in [1.54, 1.807) is 42.5 Å². The van der Waals surface area contributed by atoms with E-state index in [2.05, 4.69) is 5.32 Å². The van der Waals surface area contributed by atoms with Crippen molar-refractivity contribution in [2.75, 3.05) is 10.8 Å². The maximum atomic E-state index is 14.5. The van der Waals surface area contributed by atoms with E-state index in [0.29, 0.717) is 17.0 Å². The first-order chi connectivity index (χ1) is 21.5. The normalized spacial score (nSPS) is 12.6. The van der Waals surface area contributed by atoms with Crippen LogP contribution in [0.3, 0.4) is 0 Å². The van der Waals surface area contributed by atoms with Crippen molar-refractivity contribution < 1.29 is 18.0 Å². The van der Waals surface area contributed by atoms with Crippen molar-refractivity contribution in [1.29, 1.82) is 0 Å². The second-order valence-electron chi connectivity index (χ2n) is 10.6. The lowest BCUT2D eigenvalue weighted by Crippen LogP contribution is -2.54. The largest absolute Gasteiger partial charge is 0.352 e. The summed E-state index contributed by atoms with van der Waals surface area (Å²) in [5.74, 6) is -0.961. The molecule has 0 spiro atoms. The Morgan fingerprint density at radius 1 is 0.778 bits per heavy atom. The molecule has 0 radical (unpaired) electrons. The van der Waals surface area contributed by atoms with Crippen molar-refractivity contribution in [3.63, 3.8) is 0 Å². The Balaban J connectivity index is 1.83. The van der Waals surface area contributed by atoms with Gasteiger partial charge in [-0.2, -0.15) is 0 Å². The van der Waals surface area contributed by atoms with E-state index in [-0.39, 0.29) is 45.5 Å². The van der Waals surface area contributed by atoms with Crippen molar-refractivity contribution in [3.8, 4) is 0 Å². The van der Waals surface area contributed by atoms with Crippen LogP contribution in [0.25, 0.3) is 0 Å². The Morgan fingerprint density at radius 3 is 1.98 bits per heavy atom. The molecule has 7 nitrogen and oxygen atoms in total. The fourth-order valence-electron chi connectivity index (χ4n) is 4.76. The summed E-state index contributed by atoms with van der Waals surface area (Å²) in [4.78, 5) is 29.8. The first-order valence-corrected chi connectivity index (χ1v) is 17.0. The average Bonchev–Trinajstić information content (AvgIpc) is 3.01. The molecule has 0 bridgehead atoms. The van der Waals surface area contributed by atoms with Crippen LogP contribution in [0.5, 0.6) is 0 Å². The van der Waals surface area contributed by atoms with E-state index < -0.39 is 28.5 Å². The van der Waals surface area contributed by atoms with Gasteiger partial charge in [-0.3, -0.25) is 13.9 Å². The zero-order chi connectivity index (χ0) is 32.6. The monoisotopic (exact) mass is 685 g/mol. The molecule has 2 amide bonds. The molecule has 0 saturated carbocycles. The molecular formula is C34H34Cl3N3O4S. The summed E-state index contributed by atoms with van der Waals surface area (Å²) in [5, 5.41) is 3.87. The number of nitrogens with one attached hydrogen (secondary N) is 1. The van der Waals surface area contributed by atoms with Gasteiger partial charge in [-0.25, -0.2) is 8.42 Å². The van der Waals surface area contributed by atoms with Gasteiger partial charge in [-0.15, -0.1) is 0 Å². The lowest BCUT2D eigenvalue weighted by Gasteiger charge is -2.34. The smallest absolute Gasteiger partial charge is 0.264 e. The van der Waals surface area contributed by atoms with Crippen LogP contribution in [0, 0.1) is 0 Å². The first-order valence-electron chi connectivity index (χ1n) is 14.4. The Hall–Kier alpha value is -3.56. The predicted molar refractivity (Wildman–Crippen MR) is 181 cm³/mol. The topological polar surface area (TPSA) is 86.8 Å². The molecule has 4 aromatic rings. The quantitative estimate of drug-likeness (QED) is 0.159. The lowest BCUT2D eigenvalue weighted by molar-refractivity contribution is -0.140. The fourth-order valence-corrected chi connectivity index (χ4v) is 6.91. The van der Waals surface area contributed by atoms with Crippen molar-refractivity contribution in [3.05, 3.63) is 129 Å². The van der Waals surface area contributed by atoms with Crippen molar-refractivity contribution in [2.24, 2.45) is 0 Å². The molecule has 11 heteroatoms. The van der Waals surface area contributed by atoms with Gasteiger partial charge in [-0.1, -0.05) is 102 Å². The molecule has 0 saturated heterocycles. The third-order valence-corrected chi connectivity index (χ3v) is 9.72. The summed E-state index contributed by atoms with van der Waals surface area (Å²) < 4.78 is 29.1. The van der Waals surface area contributed by atoms with Gasteiger partial charge in [0.2, 0.25) is 11.8 Å². The third kappa shape index (κ3) is 9.23. The van der Waals surface area contributed by atoms with E-state index in [4.69, 9.17) is 34.8 Å². The summed E-state index contributed by atoms with van der Waals surface area (Å²) in [6, 6.07) is 27.3. The number of amides is 2. The molecule has 0 aliphatic rings. The molecule has 4 aromatic carbocycles. The number of rotatable bonds is 13. The number of hydrogen-bond acceptors (Lipinski definition) is 4. The SMILES string of the molecule is CCC(C)NC(=O)C(Cc1ccccc1)N(Cc1cccc(Cl)c1)C(=O)CN(c1cc(Cl)cc(Cl)c1)S(=O)(=O)c1ccccc1. The summed E-state index contributed by atoms with van der Waals surface area (Å²) >= 11 is 18.9. The van der Waals surface area contributed by atoms with Crippen LogP contribution in [0.4, 0.5) is 5.69 Å². The molecule has 45 heavy (non-hydrogen) atoms. The van der Waals surface area contributed by atoms with Crippen molar-refractivity contribution in [2.45, 2.75) is 50.2 Å². The maximum absolute atomic E-state index is 14.5. The van der Waals surface area contributed by atoms with Crippen LogP contribution >= 0.6 is 34.8 Å². The van der Waals surface area contributed by atoms with Gasteiger partial charge in [0.1, 0.15) is 12.6 Å². The number of nitrogens with zero attached hydrogens (tertiary/aromatic N) is 2. The van der Waals surface area contributed by atoms with E-state index in [1.807, 2.05) is 44.2 Å². The number of sulfonamides is 1. The zero-order valence-corrected chi connectivity index (χ0v) is 28.0. The van der Waals surface area contributed by atoms with Gasteiger partial charge in [0, 0.05) is 34.1 Å². The highest BCUT2D eigenvalue weighted by Gasteiger charge is 2.35. The second-order valence-corrected chi connectivity index (χ2v) is 13.8. The van der Waals surface area contributed by atoms with Gasteiger partial charge < -0.3 is 10.2 Å². The standard InChI is InChI=1S/C34H34Cl3N3O4S/c1-3-24(2)38-34(42)32(18-25-11-6-4-7-12-25)39(22-26-13-10-14-27(35)17-26)33(41)23-40(30-20-28(36)19-29(37)21-30)45(43,44)31-15-8-5-9-16-31/h4-17,19-21,24,32H,3,18,22-23H2,1-2H3,(H,38,42). The van der Waals surface area contributed by atoms with E-state index >= 15 is 0 Å². The molecule has 0 aliphatic heterocycles. The summed E-state index contributed by atoms with van der Waals surface area (Å²) in [7, 11) is -4.28. The van der Waals surface area contributed by atoms with Crippen LogP contribution in [-0.4, -0.2) is 43.8 Å². The van der Waals surface area contributed by atoms with E-state index in [0.717, 1.165) is 9.87 Å². The van der Waals surface area contributed by atoms with Crippen molar-refractivity contribution >= 4 is 62.3 Å². The number of benzene rings is 4. The summed E-state index contributed by atoms with van der Waals surface area (Å²) in [6.45, 7) is 3.21. The highest BCUT2D eigenvalue weighted by atomic mass is 35.5. The third-order valence-electron chi connectivity index (χ3n) is 7.26. The predicted octanol–water partition coefficient (Wildman–Crippen LogP) is 7.40. The minimum atomic E-state index is -4.28. The van der Waals surface area contributed by atoms with Gasteiger partial charge in [0.25, 0.3) is 10.0 Å². The number of carbonyl (C=O) groups is 2. The Bertz CT molecular complexity index is 1700.